The van der Waals surface area contributed by atoms with Crippen molar-refractivity contribution in [2.75, 3.05) is 0 Å². The molecule has 0 rings (SSSR count). The molecular weight excluding hydrogens is 96.1 g/mol. The minimum Gasteiger partial charge on any atom is -0.0651 e. The Morgan fingerprint density at radius 1 is 1.25 bits per heavy atom. The Kier molecular flexibility index (Phi) is 3.01. The molecule has 0 heterocycles. The Hall–Kier alpha value is 0. The molecular formula is C8H18. The summed E-state index contributed by atoms with van der Waals surface area (Å²) in [7, 11) is 0. The molecule has 2 atom stereocenters. The third-order valence-electron chi connectivity index (χ3n) is 2.07. The van der Waals surface area contributed by atoms with Gasteiger partial charge in [0.05, 0.1) is 0 Å². The molecule has 8 heavy (non-hydrogen) atoms. The SMILES string of the molecule is [2H]CC[C@H](C)[C@H](C)CC. The minimum atomic E-state index is 0.589. The molecule has 0 aliphatic carbocycles. The van der Waals surface area contributed by atoms with E-state index in [9.17, 15) is 0 Å². The molecule has 0 spiro atoms. The van der Waals surface area contributed by atoms with Gasteiger partial charge in [-0.2, -0.15) is 0 Å². The monoisotopic (exact) mass is 115 g/mol. The van der Waals surface area contributed by atoms with E-state index in [1.807, 2.05) is 0 Å². The first-order chi connectivity index (χ1) is 4.22. The zero-order chi connectivity index (χ0) is 7.28. The van der Waals surface area contributed by atoms with Crippen LogP contribution in [0, 0.1) is 11.8 Å². The van der Waals surface area contributed by atoms with Crippen molar-refractivity contribution in [3.8, 4) is 0 Å². The second-order valence-corrected chi connectivity index (χ2v) is 2.65. The average Bonchev–Trinajstić information content (AvgIpc) is 1.87. The van der Waals surface area contributed by atoms with Crippen molar-refractivity contribution in [1.29, 1.82) is 0 Å². The van der Waals surface area contributed by atoms with Crippen LogP contribution in [-0.2, 0) is 0 Å². The molecule has 0 aromatic rings. The van der Waals surface area contributed by atoms with Crippen LogP contribution in [0.25, 0.3) is 0 Å². The molecule has 0 aromatic carbocycles. The van der Waals surface area contributed by atoms with Gasteiger partial charge in [0, 0.05) is 1.37 Å². The molecule has 0 bridgehead atoms. The molecule has 50 valence electrons. The number of hydrogen-bond acceptors (Lipinski definition) is 0. The van der Waals surface area contributed by atoms with E-state index in [1.54, 1.807) is 0 Å². The highest BCUT2D eigenvalue weighted by Crippen LogP contribution is 2.16. The molecule has 0 amide bonds. The van der Waals surface area contributed by atoms with Crippen molar-refractivity contribution in [3.05, 3.63) is 0 Å². The van der Waals surface area contributed by atoms with Crippen LogP contribution >= 0.6 is 0 Å². The first kappa shape index (κ1) is 6.12. The maximum atomic E-state index is 7.00. The molecule has 0 radical (unpaired) electrons. The summed E-state index contributed by atoms with van der Waals surface area (Å²) in [6.45, 7) is 7.31. The van der Waals surface area contributed by atoms with E-state index in [0.717, 1.165) is 18.3 Å². The lowest BCUT2D eigenvalue weighted by atomic mass is 9.92. The van der Waals surface area contributed by atoms with Gasteiger partial charge >= 0.3 is 0 Å². The second-order valence-electron chi connectivity index (χ2n) is 2.65. The molecule has 0 heteroatoms. The van der Waals surface area contributed by atoms with Crippen molar-refractivity contribution in [3.63, 3.8) is 0 Å². The van der Waals surface area contributed by atoms with Gasteiger partial charge in [0.1, 0.15) is 0 Å². The molecule has 0 N–H and O–H groups in total. The Morgan fingerprint density at radius 2 is 1.75 bits per heavy atom. The molecule has 0 aliphatic heterocycles. The van der Waals surface area contributed by atoms with Crippen LogP contribution in [0.2, 0.25) is 0 Å². The molecule has 0 fully saturated rings. The molecule has 0 unspecified atom stereocenters. The van der Waals surface area contributed by atoms with Gasteiger partial charge < -0.3 is 0 Å². The quantitative estimate of drug-likeness (QED) is 0.530. The Balaban J connectivity index is 3.32. The summed E-state index contributed by atoms with van der Waals surface area (Å²) in [6.07, 6.45) is 2.32. The normalized spacial score (nSPS) is 19.6. The molecule has 0 saturated heterocycles. The van der Waals surface area contributed by atoms with Gasteiger partial charge in [-0.25, -0.2) is 0 Å². The summed E-state index contributed by atoms with van der Waals surface area (Å²) >= 11 is 0. The maximum Gasteiger partial charge on any atom is 0.0230 e. The van der Waals surface area contributed by atoms with E-state index in [-0.39, 0.29) is 0 Å². The number of rotatable bonds is 3. The van der Waals surface area contributed by atoms with Crippen LogP contribution in [-0.4, -0.2) is 0 Å². The fraction of sp³-hybridized carbons (Fsp3) is 1.00. The van der Waals surface area contributed by atoms with Gasteiger partial charge in [0.2, 0.25) is 0 Å². The van der Waals surface area contributed by atoms with Gasteiger partial charge in [0.15, 0.2) is 0 Å². The third-order valence-corrected chi connectivity index (χ3v) is 2.07. The summed E-state index contributed by atoms with van der Waals surface area (Å²) in [6, 6.07) is 0. The van der Waals surface area contributed by atoms with Crippen LogP contribution in [0.15, 0.2) is 0 Å². The van der Waals surface area contributed by atoms with E-state index >= 15 is 0 Å². The van der Waals surface area contributed by atoms with Gasteiger partial charge in [0.25, 0.3) is 0 Å². The predicted molar refractivity (Wildman–Crippen MR) is 38.9 cm³/mol. The van der Waals surface area contributed by atoms with Crippen LogP contribution < -0.4 is 0 Å². The van der Waals surface area contributed by atoms with Crippen molar-refractivity contribution in [2.45, 2.75) is 40.5 Å². The van der Waals surface area contributed by atoms with Crippen molar-refractivity contribution < 1.29 is 1.37 Å². The van der Waals surface area contributed by atoms with E-state index in [0.29, 0.717) is 6.90 Å². The molecule has 0 aliphatic rings. The lowest BCUT2D eigenvalue weighted by Crippen LogP contribution is -2.04. The fourth-order valence-corrected chi connectivity index (χ4v) is 0.687. The summed E-state index contributed by atoms with van der Waals surface area (Å²) < 4.78 is 7.00. The van der Waals surface area contributed by atoms with Gasteiger partial charge in [-0.15, -0.1) is 0 Å². The fourth-order valence-electron chi connectivity index (χ4n) is 0.687. The summed E-state index contributed by atoms with van der Waals surface area (Å²) in [5.41, 5.74) is 0. The van der Waals surface area contributed by atoms with E-state index < -0.39 is 0 Å². The summed E-state index contributed by atoms with van der Waals surface area (Å²) in [5, 5.41) is 0. The zero-order valence-corrected chi connectivity index (χ0v) is 6.28. The highest BCUT2D eigenvalue weighted by atomic mass is 14.1. The average molecular weight is 115 g/mol. The highest BCUT2D eigenvalue weighted by Gasteiger charge is 2.05. The lowest BCUT2D eigenvalue weighted by Gasteiger charge is -2.14. The topological polar surface area (TPSA) is 0 Å². The summed E-state index contributed by atoms with van der Waals surface area (Å²) in [4.78, 5) is 0. The van der Waals surface area contributed by atoms with Gasteiger partial charge in [-0.3, -0.25) is 0 Å². The zero-order valence-electron chi connectivity index (χ0n) is 7.28. The number of hydrogen-bond donors (Lipinski definition) is 0. The van der Waals surface area contributed by atoms with Gasteiger partial charge in [-0.05, 0) is 11.8 Å². The predicted octanol–water partition coefficient (Wildman–Crippen LogP) is 3.08. The van der Waals surface area contributed by atoms with Crippen LogP contribution in [0.3, 0.4) is 0 Å². The van der Waals surface area contributed by atoms with E-state index in [4.69, 9.17) is 1.37 Å². The largest absolute Gasteiger partial charge is 0.0651 e. The van der Waals surface area contributed by atoms with Crippen molar-refractivity contribution in [2.24, 2.45) is 11.8 Å². The van der Waals surface area contributed by atoms with Crippen molar-refractivity contribution in [1.82, 2.24) is 0 Å². The maximum absolute atomic E-state index is 7.00. The first-order valence-corrected chi connectivity index (χ1v) is 3.51. The van der Waals surface area contributed by atoms with Crippen LogP contribution in [0.1, 0.15) is 41.9 Å². The molecule has 0 saturated carbocycles. The van der Waals surface area contributed by atoms with E-state index in [2.05, 4.69) is 20.8 Å². The minimum absolute atomic E-state index is 0.589. The molecule has 0 aromatic heterocycles. The van der Waals surface area contributed by atoms with Gasteiger partial charge in [-0.1, -0.05) is 40.5 Å². The van der Waals surface area contributed by atoms with Crippen LogP contribution in [0.5, 0.6) is 0 Å². The van der Waals surface area contributed by atoms with E-state index in [1.165, 1.54) is 6.42 Å². The second kappa shape index (κ2) is 3.94. The molecule has 0 nitrogen and oxygen atoms in total. The highest BCUT2D eigenvalue weighted by molar-refractivity contribution is 4.56. The lowest BCUT2D eigenvalue weighted by molar-refractivity contribution is 0.367. The Bertz CT molecular complexity index is 61.6. The third kappa shape index (κ3) is 2.34. The Morgan fingerprint density at radius 3 is 2.12 bits per heavy atom. The smallest absolute Gasteiger partial charge is 0.0230 e. The van der Waals surface area contributed by atoms with Crippen LogP contribution in [0.4, 0.5) is 0 Å². The first-order valence-electron chi connectivity index (χ1n) is 4.22. The summed E-state index contributed by atoms with van der Waals surface area (Å²) in [5.74, 6) is 1.54. The standard InChI is InChI=1S/C8H18/c1-5-7(3)8(4)6-2/h7-8H,5-6H2,1-4H3/t7-,8+/i1D/m0/s1. The van der Waals surface area contributed by atoms with Crippen molar-refractivity contribution >= 4 is 0 Å². The Labute approximate surface area is 54.7 Å².